The van der Waals surface area contributed by atoms with Gasteiger partial charge in [0.2, 0.25) is 11.8 Å². The highest BCUT2D eigenvalue weighted by molar-refractivity contribution is 9.10. The SMILES string of the molecule is NC1(C(=O)N2CCCC(C(=O)Nc3ccc(Br)cn3)C2)CC1. The average Bonchev–Trinajstić information content (AvgIpc) is 3.28. The van der Waals surface area contributed by atoms with Crippen molar-refractivity contribution in [3.05, 3.63) is 22.8 Å². The van der Waals surface area contributed by atoms with Gasteiger partial charge in [0.1, 0.15) is 5.82 Å². The second-order valence-electron chi connectivity index (χ2n) is 6.10. The molecule has 1 saturated heterocycles. The van der Waals surface area contributed by atoms with E-state index in [9.17, 15) is 9.59 Å². The number of nitrogens with two attached hydrogens (primary N) is 1. The van der Waals surface area contributed by atoms with Crippen LogP contribution in [0.3, 0.4) is 0 Å². The van der Waals surface area contributed by atoms with Crippen molar-refractivity contribution in [3.8, 4) is 0 Å². The van der Waals surface area contributed by atoms with Crippen molar-refractivity contribution in [1.29, 1.82) is 0 Å². The summed E-state index contributed by atoms with van der Waals surface area (Å²) in [5.41, 5.74) is 5.31. The number of halogens is 1. The Bertz CT molecular complexity index is 586. The number of carbonyl (C=O) groups excluding carboxylic acids is 2. The first kappa shape index (κ1) is 15.4. The molecule has 2 fully saturated rings. The lowest BCUT2D eigenvalue weighted by molar-refractivity contribution is -0.136. The smallest absolute Gasteiger partial charge is 0.242 e. The van der Waals surface area contributed by atoms with Crippen LogP contribution in [0.2, 0.25) is 0 Å². The largest absolute Gasteiger partial charge is 0.340 e. The van der Waals surface area contributed by atoms with Crippen LogP contribution in [-0.4, -0.2) is 40.3 Å². The fourth-order valence-electron chi connectivity index (χ4n) is 2.72. The summed E-state index contributed by atoms with van der Waals surface area (Å²) in [5, 5.41) is 2.81. The van der Waals surface area contributed by atoms with Crippen molar-refractivity contribution in [3.63, 3.8) is 0 Å². The van der Waals surface area contributed by atoms with Crippen molar-refractivity contribution in [2.75, 3.05) is 18.4 Å². The summed E-state index contributed by atoms with van der Waals surface area (Å²) in [6.45, 7) is 1.14. The number of hydrogen-bond donors (Lipinski definition) is 2. The number of nitrogens with one attached hydrogen (secondary N) is 1. The molecule has 1 aliphatic carbocycles. The van der Waals surface area contributed by atoms with E-state index in [1.165, 1.54) is 0 Å². The fourth-order valence-corrected chi connectivity index (χ4v) is 2.95. The Morgan fingerprint density at radius 1 is 1.41 bits per heavy atom. The van der Waals surface area contributed by atoms with E-state index in [-0.39, 0.29) is 17.7 Å². The summed E-state index contributed by atoms with van der Waals surface area (Å²) in [7, 11) is 0. The molecule has 0 spiro atoms. The lowest BCUT2D eigenvalue weighted by atomic mass is 9.96. The van der Waals surface area contributed by atoms with Crippen LogP contribution in [0.25, 0.3) is 0 Å². The van der Waals surface area contributed by atoms with Gasteiger partial charge >= 0.3 is 0 Å². The maximum Gasteiger partial charge on any atom is 0.242 e. The first-order valence-corrected chi connectivity index (χ1v) is 8.28. The molecule has 2 heterocycles. The topological polar surface area (TPSA) is 88.3 Å². The van der Waals surface area contributed by atoms with E-state index in [2.05, 4.69) is 26.2 Å². The van der Waals surface area contributed by atoms with E-state index in [1.807, 2.05) is 6.07 Å². The van der Waals surface area contributed by atoms with E-state index in [1.54, 1.807) is 17.2 Å². The Labute approximate surface area is 137 Å². The lowest BCUT2D eigenvalue weighted by Gasteiger charge is -2.33. The number of likely N-dealkylation sites (tertiary alicyclic amines) is 1. The highest BCUT2D eigenvalue weighted by Crippen LogP contribution is 2.35. The molecule has 0 radical (unpaired) electrons. The summed E-state index contributed by atoms with van der Waals surface area (Å²) >= 11 is 3.31. The van der Waals surface area contributed by atoms with Crippen LogP contribution >= 0.6 is 15.9 Å². The van der Waals surface area contributed by atoms with Gasteiger partial charge < -0.3 is 16.0 Å². The van der Waals surface area contributed by atoms with Crippen LogP contribution in [0.4, 0.5) is 5.82 Å². The van der Waals surface area contributed by atoms with Crippen LogP contribution < -0.4 is 11.1 Å². The van der Waals surface area contributed by atoms with Gasteiger partial charge in [0, 0.05) is 23.8 Å². The molecule has 3 N–H and O–H groups in total. The van der Waals surface area contributed by atoms with Crippen LogP contribution in [0, 0.1) is 5.92 Å². The zero-order valence-electron chi connectivity index (χ0n) is 12.2. The third-order valence-corrected chi connectivity index (χ3v) is 4.74. The lowest BCUT2D eigenvalue weighted by Crippen LogP contribution is -2.51. The van der Waals surface area contributed by atoms with Crippen molar-refractivity contribution in [1.82, 2.24) is 9.88 Å². The number of nitrogens with zero attached hydrogens (tertiary/aromatic N) is 2. The summed E-state index contributed by atoms with van der Waals surface area (Å²) in [5.74, 6) is 0.223. The fraction of sp³-hybridized carbons (Fsp3) is 0.533. The molecule has 0 aromatic carbocycles. The molecule has 22 heavy (non-hydrogen) atoms. The molecule has 1 aliphatic heterocycles. The van der Waals surface area contributed by atoms with Gasteiger partial charge in [0.25, 0.3) is 0 Å². The maximum absolute atomic E-state index is 12.4. The molecule has 1 aromatic rings. The molecular formula is C15H19BrN4O2. The van der Waals surface area contributed by atoms with Gasteiger partial charge in [-0.3, -0.25) is 9.59 Å². The quantitative estimate of drug-likeness (QED) is 0.848. The van der Waals surface area contributed by atoms with E-state index in [4.69, 9.17) is 5.73 Å². The van der Waals surface area contributed by atoms with Crippen molar-refractivity contribution >= 4 is 33.6 Å². The molecule has 3 rings (SSSR count). The van der Waals surface area contributed by atoms with Gasteiger partial charge in [0.15, 0.2) is 0 Å². The molecule has 2 aliphatic rings. The number of anilines is 1. The second kappa shape index (κ2) is 5.96. The van der Waals surface area contributed by atoms with Crippen molar-refractivity contribution in [2.45, 2.75) is 31.2 Å². The zero-order valence-corrected chi connectivity index (χ0v) is 13.8. The predicted molar refractivity (Wildman–Crippen MR) is 86.0 cm³/mol. The summed E-state index contributed by atoms with van der Waals surface area (Å²) in [6, 6.07) is 3.57. The molecule has 2 amide bonds. The monoisotopic (exact) mass is 366 g/mol. The summed E-state index contributed by atoms with van der Waals surface area (Å²) in [4.78, 5) is 30.5. The van der Waals surface area contributed by atoms with Gasteiger partial charge in [-0.05, 0) is 53.7 Å². The Kier molecular flexibility index (Phi) is 4.18. The molecule has 1 atom stereocenters. The van der Waals surface area contributed by atoms with Crippen LogP contribution in [0.5, 0.6) is 0 Å². The highest BCUT2D eigenvalue weighted by atomic mass is 79.9. The third kappa shape index (κ3) is 3.30. The Hall–Kier alpha value is -1.47. The van der Waals surface area contributed by atoms with Gasteiger partial charge in [-0.25, -0.2) is 4.98 Å². The number of rotatable bonds is 3. The van der Waals surface area contributed by atoms with E-state index < -0.39 is 5.54 Å². The minimum Gasteiger partial charge on any atom is -0.340 e. The number of pyridine rings is 1. The molecule has 1 aromatic heterocycles. The molecule has 6 nitrogen and oxygen atoms in total. The predicted octanol–water partition coefficient (Wildman–Crippen LogP) is 1.51. The van der Waals surface area contributed by atoms with E-state index >= 15 is 0 Å². The number of carbonyl (C=O) groups is 2. The molecule has 1 saturated carbocycles. The third-order valence-electron chi connectivity index (χ3n) is 4.27. The molecule has 1 unspecified atom stereocenters. The molecule has 7 heteroatoms. The number of hydrogen-bond acceptors (Lipinski definition) is 4. The number of piperidine rings is 1. The molecule has 0 bridgehead atoms. The molecular weight excluding hydrogens is 348 g/mol. The number of aromatic nitrogens is 1. The summed E-state index contributed by atoms with van der Waals surface area (Å²) in [6.07, 6.45) is 4.75. The van der Waals surface area contributed by atoms with E-state index in [0.29, 0.717) is 18.9 Å². The minimum absolute atomic E-state index is 0.00762. The molecule has 118 valence electrons. The van der Waals surface area contributed by atoms with Crippen molar-refractivity contribution < 1.29 is 9.59 Å². The number of amides is 2. The Balaban J connectivity index is 1.60. The van der Waals surface area contributed by atoms with Crippen LogP contribution in [0.15, 0.2) is 22.8 Å². The zero-order chi connectivity index (χ0) is 15.7. The highest BCUT2D eigenvalue weighted by Gasteiger charge is 2.49. The normalized spacial score (nSPS) is 23.0. The standard InChI is InChI=1S/C15H19BrN4O2/c16-11-3-4-12(18-8-11)19-13(21)10-2-1-7-20(9-10)14(22)15(17)5-6-15/h3-4,8,10H,1-2,5-7,9,17H2,(H,18,19,21). The Morgan fingerprint density at radius 2 is 2.18 bits per heavy atom. The van der Waals surface area contributed by atoms with Crippen LogP contribution in [0.1, 0.15) is 25.7 Å². The van der Waals surface area contributed by atoms with Gasteiger partial charge in [0.05, 0.1) is 11.5 Å². The first-order chi connectivity index (χ1) is 10.5. The minimum atomic E-state index is -0.661. The average molecular weight is 367 g/mol. The van der Waals surface area contributed by atoms with Crippen molar-refractivity contribution in [2.24, 2.45) is 11.7 Å². The summed E-state index contributed by atoms with van der Waals surface area (Å²) < 4.78 is 0.859. The Morgan fingerprint density at radius 3 is 2.82 bits per heavy atom. The van der Waals surface area contributed by atoms with Crippen LogP contribution in [-0.2, 0) is 9.59 Å². The first-order valence-electron chi connectivity index (χ1n) is 7.49. The van der Waals surface area contributed by atoms with Gasteiger partial charge in [-0.1, -0.05) is 0 Å². The van der Waals surface area contributed by atoms with E-state index in [0.717, 1.165) is 30.2 Å². The second-order valence-corrected chi connectivity index (χ2v) is 7.01. The maximum atomic E-state index is 12.4. The van der Waals surface area contributed by atoms with Gasteiger partial charge in [-0.15, -0.1) is 0 Å². The van der Waals surface area contributed by atoms with Gasteiger partial charge in [-0.2, -0.15) is 0 Å².